The predicted octanol–water partition coefficient (Wildman–Crippen LogP) is 2.40. The maximum absolute atomic E-state index is 11.3. The van der Waals surface area contributed by atoms with E-state index >= 15 is 0 Å². The SMILES string of the molecule is C=C(C)C(=O)C(C)(C)OC[CH2-].C=C(C)C(=O)[C-](C)N.[U+2]. The van der Waals surface area contributed by atoms with Gasteiger partial charge in [-0.15, -0.1) is 13.0 Å². The molecule has 0 spiro atoms. The van der Waals surface area contributed by atoms with E-state index in [1.807, 2.05) is 0 Å². The van der Waals surface area contributed by atoms with Crippen molar-refractivity contribution in [1.82, 2.24) is 0 Å². The van der Waals surface area contributed by atoms with Crippen molar-refractivity contribution in [3.63, 3.8) is 0 Å². The van der Waals surface area contributed by atoms with Crippen LogP contribution >= 0.6 is 0 Å². The van der Waals surface area contributed by atoms with E-state index < -0.39 is 5.60 Å². The molecule has 0 unspecified atom stereocenters. The summed E-state index contributed by atoms with van der Waals surface area (Å²) in [6.45, 7) is 19.1. The standard InChI is InChI=1S/C9H15O2.C6H10NO.U/c1-6-11-9(4,5)8(10)7(2)3;1-4(2)6(8)5(3)7;/h1-2,6H2,3-5H3;1,7H2,2-3H3;/q2*-1;+2. The second-order valence-corrected chi connectivity index (χ2v) is 4.76. The topological polar surface area (TPSA) is 69.4 Å². The molecule has 2 N–H and O–H groups in total. The Morgan fingerprint density at radius 3 is 1.80 bits per heavy atom. The molecular formula is C15H25NO3U. The Morgan fingerprint density at radius 2 is 1.65 bits per heavy atom. The van der Waals surface area contributed by atoms with E-state index in [1.54, 1.807) is 34.6 Å². The summed E-state index contributed by atoms with van der Waals surface area (Å²) in [4.78, 5) is 21.9. The molecule has 0 radical (unpaired) electrons. The first kappa shape index (κ1) is 24.7. The Morgan fingerprint density at radius 1 is 1.25 bits per heavy atom. The fourth-order valence-corrected chi connectivity index (χ4v) is 1.17. The molecule has 4 nitrogen and oxygen atoms in total. The van der Waals surface area contributed by atoms with Crippen molar-refractivity contribution < 1.29 is 45.4 Å². The van der Waals surface area contributed by atoms with Crippen molar-refractivity contribution in [2.75, 3.05) is 6.61 Å². The monoisotopic (exact) mass is 505 g/mol. The van der Waals surface area contributed by atoms with Gasteiger partial charge in [0.2, 0.25) is 0 Å². The van der Waals surface area contributed by atoms with E-state index in [2.05, 4.69) is 20.1 Å². The first-order valence-corrected chi connectivity index (χ1v) is 5.90. The Bertz CT molecular complexity index is 360. The second-order valence-electron chi connectivity index (χ2n) is 4.76. The zero-order valence-electron chi connectivity index (χ0n) is 13.1. The molecule has 20 heavy (non-hydrogen) atoms. The van der Waals surface area contributed by atoms with Crippen molar-refractivity contribution in [2.24, 2.45) is 5.73 Å². The number of hydrogen-bond donors (Lipinski definition) is 1. The number of nitrogens with two attached hydrogens (primary N) is 1. The van der Waals surface area contributed by atoms with Gasteiger partial charge in [0.1, 0.15) is 5.60 Å². The van der Waals surface area contributed by atoms with Crippen LogP contribution in [0.15, 0.2) is 24.3 Å². The van der Waals surface area contributed by atoms with Crippen LogP contribution in [0.25, 0.3) is 0 Å². The van der Waals surface area contributed by atoms with E-state index in [4.69, 9.17) is 10.5 Å². The van der Waals surface area contributed by atoms with Gasteiger partial charge in [0.15, 0.2) is 5.78 Å². The van der Waals surface area contributed by atoms with Crippen molar-refractivity contribution >= 4 is 11.6 Å². The minimum absolute atomic E-state index is 0. The zero-order chi connectivity index (χ0) is 15.8. The van der Waals surface area contributed by atoms with Crippen molar-refractivity contribution in [3.8, 4) is 0 Å². The molecule has 0 heterocycles. The van der Waals surface area contributed by atoms with Crippen LogP contribution in [0.4, 0.5) is 0 Å². The predicted molar refractivity (Wildman–Crippen MR) is 78.1 cm³/mol. The number of carbonyl (C=O) groups is 2. The number of rotatable bonds is 6. The number of hydrogen-bond acceptors (Lipinski definition) is 4. The molecule has 0 aliphatic heterocycles. The largest absolute Gasteiger partial charge is 2.00 e. The van der Waals surface area contributed by atoms with Crippen LogP contribution < -0.4 is 5.73 Å². The Kier molecular flexibility index (Phi) is 14.0. The van der Waals surface area contributed by atoms with Gasteiger partial charge in [-0.25, -0.2) is 0 Å². The molecule has 0 bridgehead atoms. The number of carbonyl (C=O) groups excluding carboxylic acids is 2. The van der Waals surface area contributed by atoms with Gasteiger partial charge in [-0.2, -0.15) is 12.2 Å². The molecule has 0 aromatic rings. The molecule has 5 heteroatoms. The summed E-state index contributed by atoms with van der Waals surface area (Å²) in [6.07, 6.45) is 0. The average molecular weight is 505 g/mol. The first-order chi connectivity index (χ1) is 8.47. The Labute approximate surface area is 146 Å². The van der Waals surface area contributed by atoms with Crippen molar-refractivity contribution in [1.29, 1.82) is 0 Å². The van der Waals surface area contributed by atoms with E-state index in [-0.39, 0.29) is 42.7 Å². The van der Waals surface area contributed by atoms with Gasteiger partial charge in [0, 0.05) is 5.78 Å². The summed E-state index contributed by atoms with van der Waals surface area (Å²) in [6, 6.07) is 0.303. The third-order valence-corrected chi connectivity index (χ3v) is 2.14. The summed E-state index contributed by atoms with van der Waals surface area (Å²) in [5.74, 6) is -0.217. The first-order valence-electron chi connectivity index (χ1n) is 5.90. The molecule has 0 atom stereocenters. The van der Waals surface area contributed by atoms with Crippen LogP contribution in [0, 0.1) is 44.1 Å². The summed E-state index contributed by atoms with van der Waals surface area (Å²) < 4.78 is 5.13. The molecule has 0 amide bonds. The quantitative estimate of drug-likeness (QED) is 0.445. The van der Waals surface area contributed by atoms with Crippen LogP contribution in [0.2, 0.25) is 0 Å². The molecule has 0 aliphatic carbocycles. The van der Waals surface area contributed by atoms with E-state index in [1.165, 1.54) is 0 Å². The van der Waals surface area contributed by atoms with Crippen LogP contribution in [-0.4, -0.2) is 23.8 Å². The molecular weight excluding hydrogens is 480 g/mol. The molecule has 0 saturated heterocycles. The van der Waals surface area contributed by atoms with Gasteiger partial charge >= 0.3 is 31.1 Å². The van der Waals surface area contributed by atoms with Gasteiger partial charge in [-0.3, -0.25) is 4.79 Å². The van der Waals surface area contributed by atoms with Gasteiger partial charge in [-0.1, -0.05) is 20.1 Å². The molecule has 0 saturated carbocycles. The van der Waals surface area contributed by atoms with Crippen LogP contribution in [0.3, 0.4) is 0 Å². The third-order valence-electron chi connectivity index (χ3n) is 2.14. The van der Waals surface area contributed by atoms with Crippen molar-refractivity contribution in [3.05, 3.63) is 37.3 Å². The summed E-state index contributed by atoms with van der Waals surface area (Å²) in [5, 5.41) is 0. The molecule has 112 valence electrons. The van der Waals surface area contributed by atoms with Crippen LogP contribution in [-0.2, 0) is 14.3 Å². The smallest absolute Gasteiger partial charge is 0.399 e. The average Bonchev–Trinajstić information content (AvgIpc) is 2.27. The number of Topliss-reactive ketones (excluding diaryl/α,β-unsaturated/α-hetero) is 2. The van der Waals surface area contributed by atoms with Crippen LogP contribution in [0.1, 0.15) is 34.6 Å². The number of ketones is 2. The van der Waals surface area contributed by atoms with Crippen LogP contribution in [0.5, 0.6) is 0 Å². The van der Waals surface area contributed by atoms with E-state index in [0.717, 1.165) is 0 Å². The molecule has 0 aromatic carbocycles. The maximum atomic E-state index is 11.3. The Hall–Kier alpha value is -0.338. The van der Waals surface area contributed by atoms with Gasteiger partial charge in [-0.05, 0) is 26.3 Å². The number of ether oxygens (including phenoxy) is 1. The second kappa shape index (κ2) is 11.3. The molecule has 0 rings (SSSR count). The summed E-state index contributed by atoms with van der Waals surface area (Å²) in [7, 11) is 0. The van der Waals surface area contributed by atoms with Gasteiger partial charge < -0.3 is 22.2 Å². The fraction of sp³-hybridized carbons (Fsp3) is 0.467. The summed E-state index contributed by atoms with van der Waals surface area (Å²) >= 11 is 0. The summed E-state index contributed by atoms with van der Waals surface area (Å²) in [5.41, 5.74) is 5.38. The van der Waals surface area contributed by atoms with E-state index in [0.29, 0.717) is 23.8 Å². The minimum Gasteiger partial charge on any atom is -0.399 e. The maximum Gasteiger partial charge on any atom is 2.00 e. The van der Waals surface area contributed by atoms with Gasteiger partial charge in [0.05, 0.1) is 0 Å². The van der Waals surface area contributed by atoms with Crippen molar-refractivity contribution in [2.45, 2.75) is 40.2 Å². The minimum atomic E-state index is -0.770. The zero-order valence-corrected chi connectivity index (χ0v) is 17.3. The van der Waals surface area contributed by atoms with E-state index in [9.17, 15) is 9.59 Å². The van der Waals surface area contributed by atoms with Gasteiger partial charge in [0.25, 0.3) is 0 Å². The normalized spacial score (nSPS) is 9.55. The molecule has 0 fully saturated rings. The third kappa shape index (κ3) is 10.4. The fourth-order valence-electron chi connectivity index (χ4n) is 1.17. The Balaban J connectivity index is -0.000000288. The molecule has 0 aliphatic rings. The molecule has 0 aromatic heterocycles.